The Morgan fingerprint density at radius 3 is 2.55 bits per heavy atom. The summed E-state index contributed by atoms with van der Waals surface area (Å²) in [4.78, 5) is 80.0. The maximum atomic E-state index is 12.6. The predicted octanol–water partition coefficient (Wildman–Crippen LogP) is 0.334. The van der Waals surface area contributed by atoms with Gasteiger partial charge in [-0.25, -0.2) is 14.6 Å². The van der Waals surface area contributed by atoms with Crippen molar-refractivity contribution in [2.75, 3.05) is 18.4 Å². The predicted molar refractivity (Wildman–Crippen MR) is 169 cm³/mol. The van der Waals surface area contributed by atoms with Gasteiger partial charge in [0.1, 0.15) is 24.1 Å². The van der Waals surface area contributed by atoms with Crippen LogP contribution in [0.1, 0.15) is 30.8 Å². The van der Waals surface area contributed by atoms with Crippen LogP contribution in [0.2, 0.25) is 0 Å². The Hall–Kier alpha value is -5.78. The van der Waals surface area contributed by atoms with E-state index in [1.807, 2.05) is 30.3 Å². The van der Waals surface area contributed by atoms with Crippen LogP contribution in [0.25, 0.3) is 0 Å². The molecule has 3 heterocycles. The highest BCUT2D eigenvalue weighted by molar-refractivity contribution is 7.14. The van der Waals surface area contributed by atoms with Gasteiger partial charge in [0.25, 0.3) is 5.91 Å². The number of H-pyrrole nitrogens is 1. The van der Waals surface area contributed by atoms with Crippen LogP contribution in [0.15, 0.2) is 52.8 Å². The molecule has 0 radical (unpaired) electrons. The zero-order valence-corrected chi connectivity index (χ0v) is 26.1. The Labute approximate surface area is 271 Å². The van der Waals surface area contributed by atoms with Crippen molar-refractivity contribution in [1.82, 2.24) is 36.6 Å². The van der Waals surface area contributed by atoms with Gasteiger partial charge < -0.3 is 41.0 Å². The van der Waals surface area contributed by atoms with E-state index < -0.39 is 47.6 Å². The molecule has 47 heavy (non-hydrogen) atoms. The fourth-order valence-electron chi connectivity index (χ4n) is 4.02. The molecule has 0 bridgehead atoms. The average molecular weight is 668 g/mol. The van der Waals surface area contributed by atoms with Crippen LogP contribution in [0.3, 0.4) is 0 Å². The minimum absolute atomic E-state index is 0.0162. The molecule has 8 N–H and O–H groups in total. The number of rotatable bonds is 14. The number of benzene rings is 1. The molecule has 0 spiro atoms. The van der Waals surface area contributed by atoms with E-state index in [9.17, 15) is 28.8 Å². The molecule has 1 aliphatic heterocycles. The molecule has 2 atom stereocenters. The molecule has 17 nitrogen and oxygen atoms in total. The minimum Gasteiger partial charge on any atom is -0.483 e. The molecule has 2 unspecified atom stereocenters. The van der Waals surface area contributed by atoms with E-state index >= 15 is 0 Å². The number of aromatic amines is 1. The summed E-state index contributed by atoms with van der Waals surface area (Å²) in [6.07, 6.45) is 0.335. The number of hydrogen-bond donors (Lipinski definition) is 8. The van der Waals surface area contributed by atoms with E-state index in [-0.39, 0.29) is 54.3 Å². The van der Waals surface area contributed by atoms with Crippen LogP contribution in [-0.4, -0.2) is 76.8 Å². The molecule has 18 heteroatoms. The molecule has 3 aromatic rings. The third kappa shape index (κ3) is 10.1. The minimum atomic E-state index is -1.02. The number of aromatic nitrogens is 2. The van der Waals surface area contributed by atoms with E-state index in [4.69, 9.17) is 14.9 Å². The first-order valence-corrected chi connectivity index (χ1v) is 15.2. The number of anilines is 1. The van der Waals surface area contributed by atoms with Crippen LogP contribution in [0.4, 0.5) is 14.7 Å². The largest absolute Gasteiger partial charge is 0.483 e. The second kappa shape index (κ2) is 16.0. The number of amides is 6. The molecule has 6 amide bonds. The first-order chi connectivity index (χ1) is 22.5. The number of thiazole rings is 1. The van der Waals surface area contributed by atoms with Crippen LogP contribution < -0.4 is 42.1 Å². The Morgan fingerprint density at radius 2 is 1.85 bits per heavy atom. The van der Waals surface area contributed by atoms with Gasteiger partial charge in [0, 0.05) is 29.9 Å². The SMILES string of the molecule is CC(C)OC(=O)Nc1nc(C(=N)C(=O)NC2C(=O)NC2CNC(=O)CNC(=O)NCc2cc(=O)c(OCc3ccccc3)c[nH]2)cs1. The molecular formula is C29H33N9O8S. The highest BCUT2D eigenvalue weighted by atomic mass is 32.1. The van der Waals surface area contributed by atoms with Gasteiger partial charge in [-0.1, -0.05) is 30.3 Å². The molecule has 0 saturated carbocycles. The molecular weight excluding hydrogens is 634 g/mol. The number of ether oxygens (including phenoxy) is 2. The molecule has 1 fully saturated rings. The monoisotopic (exact) mass is 667 g/mol. The summed E-state index contributed by atoms with van der Waals surface area (Å²) >= 11 is 0.988. The molecule has 1 saturated heterocycles. The number of urea groups is 1. The van der Waals surface area contributed by atoms with Crippen molar-refractivity contribution in [3.8, 4) is 5.75 Å². The van der Waals surface area contributed by atoms with Gasteiger partial charge in [0.2, 0.25) is 17.2 Å². The van der Waals surface area contributed by atoms with E-state index in [1.54, 1.807) is 13.8 Å². The van der Waals surface area contributed by atoms with Gasteiger partial charge in [-0.2, -0.15) is 0 Å². The number of β-lactam (4-membered cyclic amide) rings is 1. The third-order valence-corrected chi connectivity index (χ3v) is 7.14. The second-order valence-corrected chi connectivity index (χ2v) is 11.2. The molecule has 2 aromatic heterocycles. The van der Waals surface area contributed by atoms with Crippen molar-refractivity contribution in [2.45, 2.75) is 45.2 Å². The topological polar surface area (TPSA) is 246 Å². The maximum Gasteiger partial charge on any atom is 0.413 e. The first kappa shape index (κ1) is 34.1. The molecule has 4 rings (SSSR count). The van der Waals surface area contributed by atoms with Crippen molar-refractivity contribution < 1.29 is 33.4 Å². The zero-order chi connectivity index (χ0) is 33.9. The summed E-state index contributed by atoms with van der Waals surface area (Å²) < 4.78 is 10.5. The van der Waals surface area contributed by atoms with Crippen LogP contribution >= 0.6 is 11.3 Å². The lowest BCUT2D eigenvalue weighted by molar-refractivity contribution is -0.135. The Balaban J connectivity index is 1.14. The summed E-state index contributed by atoms with van der Waals surface area (Å²) in [5.74, 6) is -1.81. The fourth-order valence-corrected chi connectivity index (χ4v) is 4.71. The smallest absolute Gasteiger partial charge is 0.413 e. The number of nitrogens with zero attached hydrogens (tertiary/aromatic N) is 1. The van der Waals surface area contributed by atoms with Gasteiger partial charge in [-0.15, -0.1) is 11.3 Å². The number of carbonyl (C=O) groups excluding carboxylic acids is 5. The Bertz CT molecular complexity index is 1690. The fraction of sp³-hybridized carbons (Fsp3) is 0.310. The van der Waals surface area contributed by atoms with Crippen molar-refractivity contribution in [1.29, 1.82) is 5.41 Å². The van der Waals surface area contributed by atoms with Crippen molar-refractivity contribution in [3.63, 3.8) is 0 Å². The van der Waals surface area contributed by atoms with Crippen molar-refractivity contribution in [3.05, 3.63) is 75.1 Å². The first-order valence-electron chi connectivity index (χ1n) is 14.3. The number of hydrogen-bond acceptors (Lipinski definition) is 11. The second-order valence-electron chi connectivity index (χ2n) is 10.4. The highest BCUT2D eigenvalue weighted by Crippen LogP contribution is 2.17. The molecule has 1 aromatic carbocycles. The lowest BCUT2D eigenvalue weighted by atomic mass is 9.98. The van der Waals surface area contributed by atoms with Gasteiger partial charge in [0.05, 0.1) is 25.2 Å². The normalized spacial score (nSPS) is 15.0. The number of pyridine rings is 1. The lowest BCUT2D eigenvalue weighted by Crippen LogP contribution is -2.72. The van der Waals surface area contributed by atoms with Crippen LogP contribution in [0.5, 0.6) is 5.75 Å². The Morgan fingerprint density at radius 1 is 1.09 bits per heavy atom. The summed E-state index contributed by atoms with van der Waals surface area (Å²) in [6, 6.07) is 8.31. The summed E-state index contributed by atoms with van der Waals surface area (Å²) in [6.45, 7) is 3.12. The van der Waals surface area contributed by atoms with Gasteiger partial charge in [-0.3, -0.25) is 29.9 Å². The van der Waals surface area contributed by atoms with E-state index in [0.29, 0.717) is 5.69 Å². The van der Waals surface area contributed by atoms with E-state index in [0.717, 1.165) is 16.9 Å². The van der Waals surface area contributed by atoms with Gasteiger partial charge in [0.15, 0.2) is 10.9 Å². The Kier molecular flexibility index (Phi) is 11.6. The van der Waals surface area contributed by atoms with Gasteiger partial charge in [-0.05, 0) is 19.4 Å². The summed E-state index contributed by atoms with van der Waals surface area (Å²) in [5.41, 5.74) is 0.421. The summed E-state index contributed by atoms with van der Waals surface area (Å²) in [5, 5.41) is 24.5. The van der Waals surface area contributed by atoms with Gasteiger partial charge >= 0.3 is 12.1 Å². The quantitative estimate of drug-likeness (QED) is 0.0871. The molecule has 248 valence electrons. The number of nitrogens with one attached hydrogen (secondary N) is 8. The standard InChI is InChI=1S/C29H33N9O8S/c1-15(2)46-29(44)38-28-36-19(14-47-28)23(30)25(41)37-24-18(35-26(24)42)10-32-22(40)12-34-27(43)33-9-17-8-20(39)21(11-31-17)45-13-16-6-4-3-5-7-16/h3-8,11,14-15,18,24,30H,9-10,12-13H2,1-2H3,(H,31,39)(H,32,40)(H,35,42)(H,37,41)(H2,33,34,43)(H,36,38,44). The van der Waals surface area contributed by atoms with Crippen molar-refractivity contribution in [2.24, 2.45) is 0 Å². The third-order valence-electron chi connectivity index (χ3n) is 6.38. The maximum absolute atomic E-state index is 12.6. The van der Waals surface area contributed by atoms with E-state index in [2.05, 4.69) is 41.9 Å². The van der Waals surface area contributed by atoms with E-state index in [1.165, 1.54) is 17.6 Å². The zero-order valence-electron chi connectivity index (χ0n) is 25.3. The van der Waals surface area contributed by atoms with Crippen LogP contribution in [-0.2, 0) is 32.3 Å². The number of carbonyl (C=O) groups is 5. The van der Waals surface area contributed by atoms with Crippen molar-refractivity contribution >= 4 is 52.0 Å². The van der Waals surface area contributed by atoms with Crippen LogP contribution in [0, 0.1) is 5.41 Å². The molecule has 1 aliphatic rings. The summed E-state index contributed by atoms with van der Waals surface area (Å²) in [7, 11) is 0. The molecule has 0 aliphatic carbocycles. The lowest BCUT2D eigenvalue weighted by Gasteiger charge is -2.37. The average Bonchev–Trinajstić information content (AvgIpc) is 3.50. The highest BCUT2D eigenvalue weighted by Gasteiger charge is 2.41.